The van der Waals surface area contributed by atoms with Crippen LogP contribution in [0.15, 0.2) is 0 Å². The predicted molar refractivity (Wildman–Crippen MR) is 40.0 cm³/mol. The van der Waals surface area contributed by atoms with Gasteiger partial charge in [-0.05, 0) is 0 Å². The van der Waals surface area contributed by atoms with E-state index in [1.165, 1.54) is 25.7 Å². The maximum atomic E-state index is 5.08. The molecular formula is C6H16GeO. The van der Waals surface area contributed by atoms with Crippen molar-refractivity contribution >= 4 is 16.9 Å². The molecule has 1 nitrogen and oxygen atoms in total. The molecule has 0 radical (unpaired) electrons. The molecule has 0 aliphatic carbocycles. The summed E-state index contributed by atoms with van der Waals surface area (Å²) in [4.78, 5) is 0. The summed E-state index contributed by atoms with van der Waals surface area (Å²) in [6, 6.07) is 0. The van der Waals surface area contributed by atoms with Crippen molar-refractivity contribution in [1.29, 1.82) is 0 Å². The van der Waals surface area contributed by atoms with Crippen LogP contribution in [0.5, 0.6) is 0 Å². The molecule has 8 heavy (non-hydrogen) atoms. The Morgan fingerprint density at radius 1 is 1.25 bits per heavy atom. The van der Waals surface area contributed by atoms with Crippen LogP contribution in [0.25, 0.3) is 0 Å². The van der Waals surface area contributed by atoms with Crippen LogP contribution >= 0.6 is 0 Å². The Labute approximate surface area is 60.4 Å². The first-order valence-electron chi connectivity index (χ1n) is 3.40. The first-order chi connectivity index (χ1) is 3.91. The Kier molecular flexibility index (Phi) is 7.97. The van der Waals surface area contributed by atoms with Crippen molar-refractivity contribution in [2.75, 3.05) is 6.61 Å². The number of unbranched alkanes of at least 4 members (excludes halogenated alkanes) is 3. The molecule has 0 bridgehead atoms. The van der Waals surface area contributed by atoms with E-state index >= 15 is 0 Å². The third kappa shape index (κ3) is 6.50. The maximum absolute atomic E-state index is 5.08. The Morgan fingerprint density at radius 2 is 2.00 bits per heavy atom. The molecule has 0 aromatic rings. The number of hydrogen-bond donors (Lipinski definition) is 0. The molecule has 0 unspecified atom stereocenters. The van der Waals surface area contributed by atoms with Crippen LogP contribution in [0.3, 0.4) is 0 Å². The van der Waals surface area contributed by atoms with Gasteiger partial charge in [0.1, 0.15) is 0 Å². The van der Waals surface area contributed by atoms with Crippen LogP contribution in [-0.4, -0.2) is 23.5 Å². The van der Waals surface area contributed by atoms with Crippen LogP contribution in [-0.2, 0) is 3.76 Å². The van der Waals surface area contributed by atoms with Gasteiger partial charge in [0, 0.05) is 0 Å². The van der Waals surface area contributed by atoms with Crippen molar-refractivity contribution < 1.29 is 3.76 Å². The normalized spacial score (nSPS) is 10.1. The van der Waals surface area contributed by atoms with E-state index in [9.17, 15) is 0 Å². The first kappa shape index (κ1) is 8.50. The molecule has 0 fully saturated rings. The van der Waals surface area contributed by atoms with E-state index in [-0.39, 0.29) is 0 Å². The fourth-order valence-corrected chi connectivity index (χ4v) is 1.28. The van der Waals surface area contributed by atoms with Gasteiger partial charge in [-0.25, -0.2) is 0 Å². The van der Waals surface area contributed by atoms with Gasteiger partial charge >= 0.3 is 59.8 Å². The molecule has 0 amide bonds. The van der Waals surface area contributed by atoms with Gasteiger partial charge in [-0.3, -0.25) is 0 Å². The summed E-state index contributed by atoms with van der Waals surface area (Å²) in [5.74, 6) is 0. The summed E-state index contributed by atoms with van der Waals surface area (Å²) >= 11 is 0.610. The van der Waals surface area contributed by atoms with E-state index in [1.54, 1.807) is 0 Å². The minimum absolute atomic E-state index is 0.610. The topological polar surface area (TPSA) is 9.23 Å². The molecule has 0 spiro atoms. The molecule has 0 rings (SSSR count). The first-order valence-corrected chi connectivity index (χ1v) is 5.12. The van der Waals surface area contributed by atoms with Gasteiger partial charge in [0.25, 0.3) is 0 Å². The number of rotatable bonds is 5. The van der Waals surface area contributed by atoms with Gasteiger partial charge in [0.15, 0.2) is 0 Å². The van der Waals surface area contributed by atoms with Crippen LogP contribution in [0.2, 0.25) is 0 Å². The molecule has 50 valence electrons. The molecule has 0 aliphatic rings. The standard InChI is InChI=1S/C6H16GeO/c1-2-3-4-5-6-8-7/h2-6H2,1,7H3. The average Bonchev–Trinajstić information content (AvgIpc) is 1.81. The summed E-state index contributed by atoms with van der Waals surface area (Å²) in [5.41, 5.74) is 0. The van der Waals surface area contributed by atoms with Crippen molar-refractivity contribution in [3.05, 3.63) is 0 Å². The minimum atomic E-state index is 0.610. The Morgan fingerprint density at radius 3 is 2.50 bits per heavy atom. The SMILES string of the molecule is CCCCCC[O][GeH3]. The fourth-order valence-electron chi connectivity index (χ4n) is 0.673. The summed E-state index contributed by atoms with van der Waals surface area (Å²) < 4.78 is 5.08. The third-order valence-corrected chi connectivity index (χ3v) is 2.06. The van der Waals surface area contributed by atoms with E-state index in [0.29, 0.717) is 16.9 Å². The van der Waals surface area contributed by atoms with Gasteiger partial charge in [0.05, 0.1) is 0 Å². The molecule has 2 heteroatoms. The Bertz CT molecular complexity index is 33.5. The van der Waals surface area contributed by atoms with Crippen LogP contribution in [0.4, 0.5) is 0 Å². The summed E-state index contributed by atoms with van der Waals surface area (Å²) in [7, 11) is 0. The van der Waals surface area contributed by atoms with Crippen molar-refractivity contribution in [3.63, 3.8) is 0 Å². The third-order valence-electron chi connectivity index (χ3n) is 1.20. The molecule has 0 aromatic heterocycles. The van der Waals surface area contributed by atoms with Crippen molar-refractivity contribution in [3.8, 4) is 0 Å². The average molecular weight is 177 g/mol. The molecular weight excluding hydrogens is 161 g/mol. The van der Waals surface area contributed by atoms with Crippen LogP contribution in [0, 0.1) is 0 Å². The number of hydrogen-bond acceptors (Lipinski definition) is 1. The Balaban J connectivity index is 2.53. The van der Waals surface area contributed by atoms with E-state index < -0.39 is 0 Å². The zero-order chi connectivity index (χ0) is 6.24. The molecule has 0 N–H and O–H groups in total. The molecule has 0 saturated heterocycles. The molecule has 0 atom stereocenters. The van der Waals surface area contributed by atoms with E-state index in [4.69, 9.17) is 3.76 Å². The van der Waals surface area contributed by atoms with Crippen LogP contribution in [0.1, 0.15) is 32.6 Å². The van der Waals surface area contributed by atoms with E-state index in [1.807, 2.05) is 0 Å². The molecule has 0 aromatic carbocycles. The second-order valence-corrected chi connectivity index (χ2v) is 3.26. The zero-order valence-electron chi connectivity index (χ0n) is 5.94. The molecule has 0 heterocycles. The van der Waals surface area contributed by atoms with Gasteiger partial charge in [0.2, 0.25) is 0 Å². The second kappa shape index (κ2) is 7.50. The van der Waals surface area contributed by atoms with Crippen LogP contribution < -0.4 is 0 Å². The van der Waals surface area contributed by atoms with Gasteiger partial charge in [-0.2, -0.15) is 0 Å². The van der Waals surface area contributed by atoms with E-state index in [0.717, 1.165) is 6.61 Å². The summed E-state index contributed by atoms with van der Waals surface area (Å²) in [6.07, 6.45) is 5.32. The van der Waals surface area contributed by atoms with Crippen molar-refractivity contribution in [1.82, 2.24) is 0 Å². The predicted octanol–water partition coefficient (Wildman–Crippen LogP) is 0.864. The summed E-state index contributed by atoms with van der Waals surface area (Å²) in [5, 5.41) is 0. The van der Waals surface area contributed by atoms with E-state index in [2.05, 4.69) is 6.92 Å². The van der Waals surface area contributed by atoms with Gasteiger partial charge < -0.3 is 0 Å². The Hall–Kier alpha value is 0.503. The van der Waals surface area contributed by atoms with Gasteiger partial charge in [-0.1, -0.05) is 0 Å². The quantitative estimate of drug-likeness (QED) is 0.446. The molecule has 0 aliphatic heterocycles. The zero-order valence-corrected chi connectivity index (χ0v) is 10.1. The van der Waals surface area contributed by atoms with Crippen molar-refractivity contribution in [2.24, 2.45) is 0 Å². The van der Waals surface area contributed by atoms with Crippen molar-refractivity contribution in [2.45, 2.75) is 32.6 Å². The van der Waals surface area contributed by atoms with Gasteiger partial charge in [-0.15, -0.1) is 0 Å². The summed E-state index contributed by atoms with van der Waals surface area (Å²) in [6.45, 7) is 3.24. The second-order valence-electron chi connectivity index (χ2n) is 2.05. The monoisotopic (exact) mass is 178 g/mol. The molecule has 0 saturated carbocycles. The fraction of sp³-hybridized carbons (Fsp3) is 1.00.